The summed E-state index contributed by atoms with van der Waals surface area (Å²) in [6.45, 7) is 11.5. The van der Waals surface area contributed by atoms with E-state index < -0.39 is 0 Å². The lowest BCUT2D eigenvalue weighted by molar-refractivity contribution is 0.632. The standard InChI is InChI=1S/C16H27N7S/c1-5-15-22-20-11-23(15)10-9-19-16(17-6-2)18-8-7-14-12(3)21-13(4)24-14/h11H,5-10H2,1-4H3,(H2,17,18,19). The molecule has 0 aliphatic heterocycles. The molecule has 2 N–H and O–H groups in total. The van der Waals surface area contributed by atoms with Crippen LogP contribution < -0.4 is 10.6 Å². The van der Waals surface area contributed by atoms with E-state index in [1.807, 2.05) is 6.92 Å². The van der Waals surface area contributed by atoms with Crippen molar-refractivity contribution in [3.8, 4) is 0 Å². The molecule has 132 valence electrons. The van der Waals surface area contributed by atoms with E-state index in [-0.39, 0.29) is 0 Å². The summed E-state index contributed by atoms with van der Waals surface area (Å²) in [6, 6.07) is 0. The number of nitrogens with one attached hydrogen (secondary N) is 2. The summed E-state index contributed by atoms with van der Waals surface area (Å²) in [4.78, 5) is 10.4. The topological polar surface area (TPSA) is 80.0 Å². The molecule has 0 saturated carbocycles. The summed E-state index contributed by atoms with van der Waals surface area (Å²) in [7, 11) is 0. The lowest BCUT2D eigenvalue weighted by atomic mass is 10.3. The Kier molecular flexibility index (Phi) is 7.17. The van der Waals surface area contributed by atoms with Crippen molar-refractivity contribution >= 4 is 17.3 Å². The zero-order chi connectivity index (χ0) is 17.4. The summed E-state index contributed by atoms with van der Waals surface area (Å²) < 4.78 is 2.07. The molecule has 0 saturated heterocycles. The Morgan fingerprint density at radius 1 is 1.29 bits per heavy atom. The fourth-order valence-corrected chi connectivity index (χ4v) is 3.38. The van der Waals surface area contributed by atoms with Crippen LogP contribution in [0.15, 0.2) is 11.3 Å². The largest absolute Gasteiger partial charge is 0.357 e. The minimum Gasteiger partial charge on any atom is -0.357 e. The lowest BCUT2D eigenvalue weighted by Gasteiger charge is -2.12. The van der Waals surface area contributed by atoms with Crippen LogP contribution in [-0.4, -0.2) is 45.3 Å². The maximum atomic E-state index is 4.65. The quantitative estimate of drug-likeness (QED) is 0.560. The second kappa shape index (κ2) is 9.36. The molecule has 2 heterocycles. The molecule has 0 amide bonds. The van der Waals surface area contributed by atoms with Gasteiger partial charge < -0.3 is 15.2 Å². The number of thiazole rings is 1. The third-order valence-corrected chi connectivity index (χ3v) is 4.74. The van der Waals surface area contributed by atoms with Gasteiger partial charge in [0.2, 0.25) is 0 Å². The van der Waals surface area contributed by atoms with Crippen molar-refractivity contribution in [1.29, 1.82) is 0 Å². The molecular weight excluding hydrogens is 322 g/mol. The number of hydrogen-bond donors (Lipinski definition) is 2. The predicted octanol–water partition coefficient (Wildman–Crippen LogP) is 1.71. The molecule has 2 aromatic rings. The van der Waals surface area contributed by atoms with Crippen LogP contribution in [0.2, 0.25) is 0 Å². The average Bonchev–Trinajstić information content (AvgIpc) is 3.13. The Bertz CT molecular complexity index is 659. The highest BCUT2D eigenvalue weighted by Crippen LogP contribution is 2.17. The van der Waals surface area contributed by atoms with E-state index in [4.69, 9.17) is 0 Å². The van der Waals surface area contributed by atoms with E-state index in [2.05, 4.69) is 56.1 Å². The summed E-state index contributed by atoms with van der Waals surface area (Å²) in [5.41, 5.74) is 1.13. The van der Waals surface area contributed by atoms with Gasteiger partial charge in [-0.1, -0.05) is 6.92 Å². The maximum absolute atomic E-state index is 4.65. The molecule has 2 rings (SSSR count). The van der Waals surface area contributed by atoms with Crippen molar-refractivity contribution in [2.45, 2.75) is 47.1 Å². The first-order valence-corrected chi connectivity index (χ1v) is 9.27. The molecule has 2 aromatic heterocycles. The van der Waals surface area contributed by atoms with Gasteiger partial charge in [-0.3, -0.25) is 4.99 Å². The Labute approximate surface area is 147 Å². The summed E-state index contributed by atoms with van der Waals surface area (Å²) >= 11 is 1.76. The van der Waals surface area contributed by atoms with E-state index in [1.54, 1.807) is 17.7 Å². The van der Waals surface area contributed by atoms with E-state index in [1.165, 1.54) is 4.88 Å². The second-order valence-corrected chi connectivity index (χ2v) is 6.76. The van der Waals surface area contributed by atoms with Crippen molar-refractivity contribution < 1.29 is 0 Å². The molecule has 7 nitrogen and oxygen atoms in total. The molecule has 8 heteroatoms. The molecule has 0 aromatic carbocycles. The van der Waals surface area contributed by atoms with Crippen molar-refractivity contribution in [1.82, 2.24) is 30.4 Å². The molecule has 0 atom stereocenters. The van der Waals surface area contributed by atoms with Gasteiger partial charge in [-0.05, 0) is 20.8 Å². The molecule has 0 unspecified atom stereocenters. The number of nitrogens with zero attached hydrogens (tertiary/aromatic N) is 5. The van der Waals surface area contributed by atoms with Gasteiger partial charge in [-0.25, -0.2) is 4.98 Å². The van der Waals surface area contributed by atoms with Crippen LogP contribution in [0.3, 0.4) is 0 Å². The van der Waals surface area contributed by atoms with Gasteiger partial charge in [0, 0.05) is 43.9 Å². The van der Waals surface area contributed by atoms with Crippen LogP contribution >= 0.6 is 11.3 Å². The summed E-state index contributed by atoms with van der Waals surface area (Å²) in [5.74, 6) is 1.86. The highest BCUT2D eigenvalue weighted by molar-refractivity contribution is 7.11. The van der Waals surface area contributed by atoms with Crippen molar-refractivity contribution in [3.05, 3.63) is 27.7 Å². The monoisotopic (exact) mass is 349 g/mol. The molecule has 0 radical (unpaired) electrons. The van der Waals surface area contributed by atoms with Crippen LogP contribution in [0.5, 0.6) is 0 Å². The lowest BCUT2D eigenvalue weighted by Crippen LogP contribution is -2.39. The van der Waals surface area contributed by atoms with Crippen molar-refractivity contribution in [2.24, 2.45) is 4.99 Å². The van der Waals surface area contributed by atoms with Crippen LogP contribution in [0.4, 0.5) is 0 Å². The summed E-state index contributed by atoms with van der Waals surface area (Å²) in [5, 5.41) is 15.8. The zero-order valence-corrected chi connectivity index (χ0v) is 15.8. The van der Waals surface area contributed by atoms with Crippen molar-refractivity contribution in [2.75, 3.05) is 19.6 Å². The van der Waals surface area contributed by atoms with Crippen LogP contribution in [0, 0.1) is 13.8 Å². The minimum absolute atomic E-state index is 0.755. The Morgan fingerprint density at radius 3 is 2.79 bits per heavy atom. The average molecular weight is 350 g/mol. The Balaban J connectivity index is 1.83. The van der Waals surface area contributed by atoms with Gasteiger partial charge in [0.25, 0.3) is 0 Å². The van der Waals surface area contributed by atoms with E-state index in [9.17, 15) is 0 Å². The Morgan fingerprint density at radius 2 is 2.12 bits per heavy atom. The van der Waals surface area contributed by atoms with Gasteiger partial charge >= 0.3 is 0 Å². The number of aryl methyl sites for hydroxylation is 3. The summed E-state index contributed by atoms with van der Waals surface area (Å²) in [6.07, 6.45) is 3.60. The maximum Gasteiger partial charge on any atom is 0.191 e. The SMILES string of the molecule is CCNC(=NCCc1sc(C)nc1C)NCCn1cnnc1CC. The highest BCUT2D eigenvalue weighted by atomic mass is 32.1. The third kappa shape index (κ3) is 5.30. The third-order valence-electron chi connectivity index (χ3n) is 3.61. The van der Waals surface area contributed by atoms with Crippen LogP contribution in [0.25, 0.3) is 0 Å². The zero-order valence-electron chi connectivity index (χ0n) is 15.0. The van der Waals surface area contributed by atoms with Gasteiger partial charge in [-0.15, -0.1) is 21.5 Å². The predicted molar refractivity (Wildman–Crippen MR) is 98.7 cm³/mol. The number of aliphatic imine (C=N–C) groups is 1. The fraction of sp³-hybridized carbons (Fsp3) is 0.625. The molecule has 0 fully saturated rings. The molecule has 0 aliphatic carbocycles. The van der Waals surface area contributed by atoms with Gasteiger partial charge in [-0.2, -0.15) is 0 Å². The van der Waals surface area contributed by atoms with Crippen LogP contribution in [-0.2, 0) is 19.4 Å². The van der Waals surface area contributed by atoms with Gasteiger partial charge in [0.1, 0.15) is 12.2 Å². The smallest absolute Gasteiger partial charge is 0.191 e. The molecule has 0 spiro atoms. The Hall–Kier alpha value is -1.96. The number of guanidine groups is 1. The van der Waals surface area contributed by atoms with Crippen LogP contribution in [0.1, 0.15) is 35.3 Å². The molecular formula is C16H27N7S. The molecule has 0 bridgehead atoms. The minimum atomic E-state index is 0.755. The fourth-order valence-electron chi connectivity index (χ4n) is 2.45. The molecule has 24 heavy (non-hydrogen) atoms. The van der Waals surface area contributed by atoms with Crippen molar-refractivity contribution in [3.63, 3.8) is 0 Å². The first kappa shape index (κ1) is 18.4. The van der Waals surface area contributed by atoms with Gasteiger partial charge in [0.15, 0.2) is 5.96 Å². The first-order valence-electron chi connectivity index (χ1n) is 8.45. The van der Waals surface area contributed by atoms with E-state index in [0.717, 1.165) is 61.5 Å². The number of aromatic nitrogens is 4. The number of rotatable bonds is 8. The number of hydrogen-bond acceptors (Lipinski definition) is 5. The normalized spacial score (nSPS) is 11.8. The van der Waals surface area contributed by atoms with E-state index >= 15 is 0 Å². The first-order chi connectivity index (χ1) is 11.6. The van der Waals surface area contributed by atoms with Gasteiger partial charge in [0.05, 0.1) is 10.7 Å². The highest BCUT2D eigenvalue weighted by Gasteiger charge is 2.05. The molecule has 0 aliphatic rings. The second-order valence-electron chi connectivity index (χ2n) is 5.47. The van der Waals surface area contributed by atoms with E-state index in [0.29, 0.717) is 0 Å².